The van der Waals surface area contributed by atoms with Crippen LogP contribution in [-0.4, -0.2) is 10.2 Å². The summed E-state index contributed by atoms with van der Waals surface area (Å²) in [4.78, 5) is 0. The number of aryl methyl sites for hydroxylation is 1. The van der Waals surface area contributed by atoms with Crippen molar-refractivity contribution in [3.8, 4) is 11.3 Å². The van der Waals surface area contributed by atoms with Crippen LogP contribution in [-0.2, 0) is 0 Å². The molecule has 0 bridgehead atoms. The van der Waals surface area contributed by atoms with E-state index in [1.807, 2.05) is 37.3 Å². The molecule has 3 heteroatoms. The van der Waals surface area contributed by atoms with E-state index in [0.717, 1.165) is 11.3 Å². The molecule has 2 nitrogen and oxygen atoms in total. The number of nitrogens with zero attached hydrogens (tertiary/aromatic N) is 2. The Hall–Kier alpha value is -1.41. The predicted octanol–water partition coefficient (Wildman–Crippen LogP) is 3.11. The van der Waals surface area contributed by atoms with Crippen LogP contribution in [0.25, 0.3) is 11.3 Å². The van der Waals surface area contributed by atoms with E-state index in [1.54, 1.807) is 0 Å². The van der Waals surface area contributed by atoms with Gasteiger partial charge in [0.1, 0.15) is 0 Å². The maximum atomic E-state index is 5.84. The molecule has 0 saturated heterocycles. The molecule has 0 aliphatic heterocycles. The summed E-state index contributed by atoms with van der Waals surface area (Å²) in [6.07, 6.45) is 1.53. The maximum absolute atomic E-state index is 5.84. The van der Waals surface area contributed by atoms with Gasteiger partial charge in [0.25, 0.3) is 0 Å². The molecule has 0 amide bonds. The molecule has 14 heavy (non-hydrogen) atoms. The second kappa shape index (κ2) is 3.76. The van der Waals surface area contributed by atoms with Gasteiger partial charge >= 0.3 is 0 Å². The monoisotopic (exact) mass is 204 g/mol. The summed E-state index contributed by atoms with van der Waals surface area (Å²) in [7, 11) is 0. The van der Waals surface area contributed by atoms with Crippen LogP contribution >= 0.6 is 11.6 Å². The van der Waals surface area contributed by atoms with Crippen molar-refractivity contribution in [1.82, 2.24) is 10.2 Å². The highest BCUT2D eigenvalue weighted by Gasteiger charge is 2.02. The van der Waals surface area contributed by atoms with Gasteiger partial charge in [-0.3, -0.25) is 0 Å². The zero-order chi connectivity index (χ0) is 9.97. The second-order valence-corrected chi connectivity index (χ2v) is 3.51. The normalized spacial score (nSPS) is 10.1. The van der Waals surface area contributed by atoms with E-state index in [-0.39, 0.29) is 0 Å². The van der Waals surface area contributed by atoms with Crippen LogP contribution in [0.5, 0.6) is 0 Å². The van der Waals surface area contributed by atoms with Gasteiger partial charge in [0.05, 0.1) is 16.9 Å². The van der Waals surface area contributed by atoms with Crippen LogP contribution in [0.1, 0.15) is 5.56 Å². The van der Waals surface area contributed by atoms with Gasteiger partial charge in [-0.15, -0.1) is 0 Å². The van der Waals surface area contributed by atoms with E-state index in [0.29, 0.717) is 5.02 Å². The molecule has 0 radical (unpaired) electrons. The minimum atomic E-state index is 0.609. The summed E-state index contributed by atoms with van der Waals surface area (Å²) in [5.74, 6) is 0. The first kappa shape index (κ1) is 9.16. The van der Waals surface area contributed by atoms with Crippen LogP contribution < -0.4 is 0 Å². The standard InChI is InChI=1S/C11H9ClN2/c1-8-4-2-3-5-10(8)11-6-9(12)7-13-14-11/h2-7H,1H3. The lowest BCUT2D eigenvalue weighted by molar-refractivity contribution is 1.04. The number of hydrogen-bond donors (Lipinski definition) is 0. The van der Waals surface area contributed by atoms with Crippen LogP contribution in [0.3, 0.4) is 0 Å². The first-order valence-electron chi connectivity index (χ1n) is 4.31. The van der Waals surface area contributed by atoms with Gasteiger partial charge in [-0.2, -0.15) is 10.2 Å². The topological polar surface area (TPSA) is 25.8 Å². The zero-order valence-electron chi connectivity index (χ0n) is 7.74. The highest BCUT2D eigenvalue weighted by molar-refractivity contribution is 6.30. The lowest BCUT2D eigenvalue weighted by atomic mass is 10.1. The minimum Gasteiger partial charge on any atom is -0.157 e. The summed E-state index contributed by atoms with van der Waals surface area (Å²) in [6.45, 7) is 2.04. The van der Waals surface area contributed by atoms with Crippen molar-refractivity contribution in [2.24, 2.45) is 0 Å². The minimum absolute atomic E-state index is 0.609. The Kier molecular flexibility index (Phi) is 2.46. The number of benzene rings is 1. The Labute approximate surface area is 87.6 Å². The molecule has 1 heterocycles. The second-order valence-electron chi connectivity index (χ2n) is 3.07. The molecule has 0 spiro atoms. The van der Waals surface area contributed by atoms with Gasteiger partial charge in [-0.1, -0.05) is 35.9 Å². The third-order valence-corrected chi connectivity index (χ3v) is 2.25. The molecule has 2 aromatic rings. The molecular formula is C11H9ClN2. The summed E-state index contributed by atoms with van der Waals surface area (Å²) in [5, 5.41) is 8.47. The van der Waals surface area contributed by atoms with Gasteiger partial charge in [-0.25, -0.2) is 0 Å². The van der Waals surface area contributed by atoms with Gasteiger partial charge in [0.2, 0.25) is 0 Å². The van der Waals surface area contributed by atoms with Crippen molar-refractivity contribution in [3.05, 3.63) is 47.1 Å². The predicted molar refractivity (Wildman–Crippen MR) is 57.2 cm³/mol. The van der Waals surface area contributed by atoms with E-state index < -0.39 is 0 Å². The smallest absolute Gasteiger partial charge is 0.0947 e. The average molecular weight is 205 g/mol. The number of aromatic nitrogens is 2. The van der Waals surface area contributed by atoms with Gasteiger partial charge < -0.3 is 0 Å². The fourth-order valence-corrected chi connectivity index (χ4v) is 1.48. The SMILES string of the molecule is Cc1ccccc1-c1cc(Cl)cnn1. The van der Waals surface area contributed by atoms with Crippen LogP contribution in [0.4, 0.5) is 0 Å². The van der Waals surface area contributed by atoms with Crippen molar-refractivity contribution < 1.29 is 0 Å². The number of hydrogen-bond acceptors (Lipinski definition) is 2. The van der Waals surface area contributed by atoms with E-state index in [4.69, 9.17) is 11.6 Å². The van der Waals surface area contributed by atoms with Gasteiger partial charge in [-0.05, 0) is 18.6 Å². The molecule has 0 aliphatic carbocycles. The molecule has 0 N–H and O–H groups in total. The molecule has 0 atom stereocenters. The Morgan fingerprint density at radius 2 is 2.00 bits per heavy atom. The van der Waals surface area contributed by atoms with Crippen molar-refractivity contribution >= 4 is 11.6 Å². The summed E-state index contributed by atoms with van der Waals surface area (Å²) in [5.41, 5.74) is 3.06. The van der Waals surface area contributed by atoms with Crippen LogP contribution in [0.15, 0.2) is 36.5 Å². The first-order chi connectivity index (χ1) is 6.77. The molecular weight excluding hydrogens is 196 g/mol. The fraction of sp³-hybridized carbons (Fsp3) is 0.0909. The largest absolute Gasteiger partial charge is 0.157 e. The summed E-state index contributed by atoms with van der Waals surface area (Å²) < 4.78 is 0. The van der Waals surface area contributed by atoms with Crippen LogP contribution in [0.2, 0.25) is 5.02 Å². The summed E-state index contributed by atoms with van der Waals surface area (Å²) in [6, 6.07) is 9.84. The van der Waals surface area contributed by atoms with Crippen molar-refractivity contribution in [2.45, 2.75) is 6.92 Å². The molecule has 0 aliphatic rings. The molecule has 1 aromatic heterocycles. The zero-order valence-corrected chi connectivity index (χ0v) is 8.49. The molecule has 1 aromatic carbocycles. The molecule has 0 fully saturated rings. The fourth-order valence-electron chi connectivity index (χ4n) is 1.33. The molecule has 0 saturated carbocycles. The first-order valence-corrected chi connectivity index (χ1v) is 4.69. The molecule has 0 unspecified atom stereocenters. The van der Waals surface area contributed by atoms with E-state index in [1.165, 1.54) is 11.8 Å². The quantitative estimate of drug-likeness (QED) is 0.714. The maximum Gasteiger partial charge on any atom is 0.0947 e. The Balaban J connectivity index is 2.55. The van der Waals surface area contributed by atoms with Gasteiger partial charge in [0, 0.05) is 5.56 Å². The third-order valence-electron chi connectivity index (χ3n) is 2.04. The highest BCUT2D eigenvalue weighted by Crippen LogP contribution is 2.22. The Bertz CT molecular complexity index is 455. The Morgan fingerprint density at radius 3 is 2.71 bits per heavy atom. The molecule has 2 rings (SSSR count). The van der Waals surface area contributed by atoms with E-state index >= 15 is 0 Å². The van der Waals surface area contributed by atoms with Crippen molar-refractivity contribution in [1.29, 1.82) is 0 Å². The van der Waals surface area contributed by atoms with Crippen molar-refractivity contribution in [3.63, 3.8) is 0 Å². The highest BCUT2D eigenvalue weighted by atomic mass is 35.5. The van der Waals surface area contributed by atoms with E-state index in [9.17, 15) is 0 Å². The summed E-state index contributed by atoms with van der Waals surface area (Å²) >= 11 is 5.84. The molecule has 70 valence electrons. The Morgan fingerprint density at radius 1 is 1.21 bits per heavy atom. The van der Waals surface area contributed by atoms with E-state index in [2.05, 4.69) is 10.2 Å². The lowest BCUT2D eigenvalue weighted by Gasteiger charge is -2.03. The van der Waals surface area contributed by atoms with Gasteiger partial charge in [0.15, 0.2) is 0 Å². The number of halogens is 1. The third kappa shape index (κ3) is 1.75. The number of rotatable bonds is 1. The lowest BCUT2D eigenvalue weighted by Crippen LogP contribution is -1.88. The average Bonchev–Trinajstić information content (AvgIpc) is 2.18. The van der Waals surface area contributed by atoms with Crippen LogP contribution in [0, 0.1) is 6.92 Å². The van der Waals surface area contributed by atoms with Crippen molar-refractivity contribution in [2.75, 3.05) is 0 Å².